The highest BCUT2D eigenvalue weighted by Crippen LogP contribution is 2.45. The molecule has 1 aliphatic rings. The Morgan fingerprint density at radius 3 is 2.50 bits per heavy atom. The third kappa shape index (κ3) is 5.05. The molecule has 0 saturated carbocycles. The average Bonchev–Trinajstić information content (AvgIpc) is 3.12. The Hall–Kier alpha value is -2.63. The number of carbonyl (C=O) groups excluding carboxylic acids is 1. The van der Waals surface area contributed by atoms with E-state index in [1.807, 2.05) is 0 Å². The second-order valence-electron chi connectivity index (χ2n) is 9.30. The van der Waals surface area contributed by atoms with Crippen molar-refractivity contribution in [3.63, 3.8) is 0 Å². The first-order valence-electron chi connectivity index (χ1n) is 10.8. The number of aromatic hydroxyl groups is 1. The smallest absolute Gasteiger partial charge is 0.259 e. The number of nitrogens with zero attached hydrogens (tertiary/aromatic N) is 1. The summed E-state index contributed by atoms with van der Waals surface area (Å²) in [6.45, 7) is 6.86. The fourth-order valence-electron chi connectivity index (χ4n) is 4.06. The number of carbonyl (C=O) groups is 1. The van der Waals surface area contributed by atoms with Gasteiger partial charge in [-0.15, -0.1) is 11.3 Å². The minimum Gasteiger partial charge on any atom is -0.508 e. The van der Waals surface area contributed by atoms with Crippen molar-refractivity contribution in [2.45, 2.75) is 40.0 Å². The Morgan fingerprint density at radius 2 is 1.84 bits per heavy atom. The van der Waals surface area contributed by atoms with Crippen LogP contribution in [0.5, 0.6) is 5.75 Å². The van der Waals surface area contributed by atoms with Crippen LogP contribution in [-0.2, 0) is 12.8 Å². The number of thiophene rings is 1. The van der Waals surface area contributed by atoms with Gasteiger partial charge in [-0.1, -0.05) is 32.4 Å². The molecule has 0 radical (unpaired) electrons. The van der Waals surface area contributed by atoms with Crippen molar-refractivity contribution >= 4 is 45.7 Å². The standard InChI is InChI=1S/C26H27ClN2O2S/c1-26(2,3)17-6-13-21-22(14-17)32-25(28-15-16-4-11-20(30)12-5-16)23(21)24(31)29-19-9-7-18(27)8-10-19/h4-5,7-12,15,17,30H,6,13-14H2,1-3H3,(H,29,31)/t17-/m0/s1. The summed E-state index contributed by atoms with van der Waals surface area (Å²) in [6.07, 6.45) is 4.66. The first-order valence-corrected chi connectivity index (χ1v) is 11.9. The molecule has 0 spiro atoms. The normalized spacial score (nSPS) is 16.2. The van der Waals surface area contributed by atoms with E-state index >= 15 is 0 Å². The second-order valence-corrected chi connectivity index (χ2v) is 10.8. The van der Waals surface area contributed by atoms with Gasteiger partial charge in [0.05, 0.1) is 5.56 Å². The van der Waals surface area contributed by atoms with Crippen molar-refractivity contribution in [3.05, 3.63) is 75.1 Å². The number of rotatable bonds is 4. The number of amides is 1. The van der Waals surface area contributed by atoms with E-state index < -0.39 is 0 Å². The van der Waals surface area contributed by atoms with Crippen LogP contribution in [0.4, 0.5) is 10.7 Å². The third-order valence-electron chi connectivity index (χ3n) is 6.02. The average molecular weight is 467 g/mol. The van der Waals surface area contributed by atoms with E-state index in [0.717, 1.165) is 35.4 Å². The zero-order valence-corrected chi connectivity index (χ0v) is 20.1. The molecule has 1 amide bonds. The summed E-state index contributed by atoms with van der Waals surface area (Å²) in [5, 5.41) is 13.9. The lowest BCUT2D eigenvalue weighted by molar-refractivity contribution is 0.102. The van der Waals surface area contributed by atoms with E-state index in [2.05, 4.69) is 26.1 Å². The largest absolute Gasteiger partial charge is 0.508 e. The van der Waals surface area contributed by atoms with Crippen LogP contribution in [0.15, 0.2) is 53.5 Å². The van der Waals surface area contributed by atoms with Crippen LogP contribution in [0.2, 0.25) is 5.02 Å². The summed E-state index contributed by atoms with van der Waals surface area (Å²) in [6, 6.07) is 14.0. The molecule has 0 unspecified atom stereocenters. The molecule has 1 heterocycles. The molecule has 1 aromatic heterocycles. The van der Waals surface area contributed by atoms with Crippen molar-refractivity contribution in [2.75, 3.05) is 5.32 Å². The predicted octanol–water partition coefficient (Wildman–Crippen LogP) is 7.26. The van der Waals surface area contributed by atoms with E-state index in [9.17, 15) is 9.90 Å². The monoisotopic (exact) mass is 466 g/mol. The number of phenols is 1. The Kier molecular flexibility index (Phi) is 6.40. The Bertz CT molecular complexity index is 1140. The van der Waals surface area contributed by atoms with Crippen LogP contribution in [0.1, 0.15) is 53.6 Å². The number of aliphatic imine (C=N–C) groups is 1. The van der Waals surface area contributed by atoms with Gasteiger partial charge in [0.15, 0.2) is 0 Å². The number of benzene rings is 2. The predicted molar refractivity (Wildman–Crippen MR) is 134 cm³/mol. The summed E-state index contributed by atoms with van der Waals surface area (Å²) in [5.74, 6) is 0.650. The highest BCUT2D eigenvalue weighted by molar-refractivity contribution is 7.16. The van der Waals surface area contributed by atoms with Crippen molar-refractivity contribution in [3.8, 4) is 5.75 Å². The first kappa shape index (κ1) is 22.6. The fourth-order valence-corrected chi connectivity index (χ4v) is 5.45. The molecule has 1 aliphatic carbocycles. The number of halogens is 1. The van der Waals surface area contributed by atoms with Gasteiger partial charge in [-0.25, -0.2) is 4.99 Å². The topological polar surface area (TPSA) is 61.7 Å². The Labute approximate surface area is 198 Å². The molecule has 4 rings (SSSR count). The highest BCUT2D eigenvalue weighted by atomic mass is 35.5. The molecule has 0 aliphatic heterocycles. The van der Waals surface area contributed by atoms with Crippen LogP contribution in [0.3, 0.4) is 0 Å². The molecular weight excluding hydrogens is 440 g/mol. The number of hydrogen-bond acceptors (Lipinski definition) is 4. The van der Waals surface area contributed by atoms with Gasteiger partial charge in [0.2, 0.25) is 0 Å². The lowest BCUT2D eigenvalue weighted by Gasteiger charge is -2.33. The molecule has 2 aromatic carbocycles. The summed E-state index contributed by atoms with van der Waals surface area (Å²) in [7, 11) is 0. The van der Waals surface area contributed by atoms with Gasteiger partial charge in [0.25, 0.3) is 5.91 Å². The molecule has 32 heavy (non-hydrogen) atoms. The Balaban J connectivity index is 1.69. The molecule has 6 heteroatoms. The van der Waals surface area contributed by atoms with Crippen molar-refractivity contribution < 1.29 is 9.90 Å². The van der Waals surface area contributed by atoms with Gasteiger partial charge in [0.1, 0.15) is 10.8 Å². The lowest BCUT2D eigenvalue weighted by atomic mass is 9.72. The van der Waals surface area contributed by atoms with E-state index in [1.54, 1.807) is 66.1 Å². The molecule has 166 valence electrons. The summed E-state index contributed by atoms with van der Waals surface area (Å²) in [5.41, 5.74) is 3.59. The molecular formula is C26H27ClN2O2S. The van der Waals surface area contributed by atoms with Gasteiger partial charge >= 0.3 is 0 Å². The zero-order chi connectivity index (χ0) is 22.9. The molecule has 0 saturated heterocycles. The van der Waals surface area contributed by atoms with E-state index in [-0.39, 0.29) is 17.1 Å². The van der Waals surface area contributed by atoms with Crippen molar-refractivity contribution in [2.24, 2.45) is 16.3 Å². The van der Waals surface area contributed by atoms with Crippen LogP contribution in [0.25, 0.3) is 0 Å². The van der Waals surface area contributed by atoms with E-state index in [1.165, 1.54) is 4.88 Å². The van der Waals surface area contributed by atoms with Gasteiger partial charge < -0.3 is 10.4 Å². The number of nitrogens with one attached hydrogen (secondary N) is 1. The molecule has 3 aromatic rings. The molecule has 2 N–H and O–H groups in total. The molecule has 4 nitrogen and oxygen atoms in total. The molecule has 0 fully saturated rings. The van der Waals surface area contributed by atoms with Crippen LogP contribution >= 0.6 is 22.9 Å². The molecule has 0 bridgehead atoms. The van der Waals surface area contributed by atoms with Gasteiger partial charge in [-0.3, -0.25) is 4.79 Å². The zero-order valence-electron chi connectivity index (χ0n) is 18.5. The van der Waals surface area contributed by atoms with E-state index in [4.69, 9.17) is 16.6 Å². The van der Waals surface area contributed by atoms with Gasteiger partial charge in [-0.05, 0) is 90.3 Å². The summed E-state index contributed by atoms with van der Waals surface area (Å²) in [4.78, 5) is 19.3. The third-order valence-corrected chi connectivity index (χ3v) is 7.44. The quantitative estimate of drug-likeness (QED) is 0.397. The lowest BCUT2D eigenvalue weighted by Crippen LogP contribution is -2.27. The highest BCUT2D eigenvalue weighted by Gasteiger charge is 2.33. The maximum absolute atomic E-state index is 13.3. The SMILES string of the molecule is CC(C)(C)[C@H]1CCc2c(sc(N=Cc3ccc(O)cc3)c2C(=O)Nc2ccc(Cl)cc2)C1. The number of hydrogen-bond donors (Lipinski definition) is 2. The van der Waals surface area contributed by atoms with E-state index in [0.29, 0.717) is 22.2 Å². The van der Waals surface area contributed by atoms with Crippen LogP contribution in [-0.4, -0.2) is 17.2 Å². The fraction of sp³-hybridized carbons (Fsp3) is 0.308. The molecule has 1 atom stereocenters. The minimum atomic E-state index is -0.142. The Morgan fingerprint density at radius 1 is 1.16 bits per heavy atom. The number of anilines is 1. The number of fused-ring (bicyclic) bond motifs is 1. The van der Waals surface area contributed by atoms with Gasteiger partial charge in [0, 0.05) is 21.8 Å². The first-order chi connectivity index (χ1) is 15.2. The van der Waals surface area contributed by atoms with Crippen molar-refractivity contribution in [1.29, 1.82) is 0 Å². The number of phenolic OH excluding ortho intramolecular Hbond substituents is 1. The van der Waals surface area contributed by atoms with Gasteiger partial charge in [-0.2, -0.15) is 0 Å². The maximum Gasteiger partial charge on any atom is 0.259 e. The maximum atomic E-state index is 13.3. The summed E-state index contributed by atoms with van der Waals surface area (Å²) >= 11 is 7.60. The van der Waals surface area contributed by atoms with Crippen LogP contribution in [0, 0.1) is 11.3 Å². The van der Waals surface area contributed by atoms with Crippen molar-refractivity contribution in [1.82, 2.24) is 0 Å². The summed E-state index contributed by atoms with van der Waals surface area (Å²) < 4.78 is 0. The minimum absolute atomic E-state index is 0.142. The second kappa shape index (κ2) is 9.08. The van der Waals surface area contributed by atoms with Crippen LogP contribution < -0.4 is 5.32 Å².